The highest BCUT2D eigenvalue weighted by Gasteiger charge is 2.35. The lowest BCUT2D eigenvalue weighted by Crippen LogP contribution is -2.53. The first-order chi connectivity index (χ1) is 14.4. The highest BCUT2D eigenvalue weighted by atomic mass is 19.1. The number of ketones is 1. The van der Waals surface area contributed by atoms with Crippen LogP contribution in [0.25, 0.3) is 0 Å². The number of carbonyl (C=O) groups excluding carboxylic acids is 2. The molecular weight excluding hydrogens is 400 g/mol. The molecule has 2 aliphatic heterocycles. The summed E-state index contributed by atoms with van der Waals surface area (Å²) in [5, 5.41) is 13.5. The molecule has 1 aromatic carbocycles. The summed E-state index contributed by atoms with van der Waals surface area (Å²) in [6, 6.07) is 3.05. The van der Waals surface area contributed by atoms with Crippen molar-refractivity contribution < 1.29 is 28.2 Å². The maximum atomic E-state index is 13.8. The Morgan fingerprint density at radius 2 is 1.93 bits per heavy atom. The van der Waals surface area contributed by atoms with Gasteiger partial charge < -0.3 is 14.4 Å². The van der Waals surface area contributed by atoms with Gasteiger partial charge in [0.05, 0.1) is 32.0 Å². The number of benzene rings is 1. The number of aromatic hydroxyl groups is 1. The van der Waals surface area contributed by atoms with Crippen molar-refractivity contribution in [1.29, 1.82) is 0 Å². The highest BCUT2D eigenvalue weighted by Crippen LogP contribution is 2.24. The maximum absolute atomic E-state index is 13.8. The summed E-state index contributed by atoms with van der Waals surface area (Å²) in [6.45, 7) is 1.64. The molecule has 0 radical (unpaired) electrons. The topological polar surface area (TPSA) is 92.1 Å². The second-order valence-electron chi connectivity index (χ2n) is 7.11. The summed E-state index contributed by atoms with van der Waals surface area (Å²) < 4.78 is 33.5. The van der Waals surface area contributed by atoms with E-state index >= 15 is 0 Å². The monoisotopic (exact) mass is 419 g/mol. The molecule has 1 fully saturated rings. The van der Waals surface area contributed by atoms with E-state index in [1.165, 1.54) is 21.8 Å². The van der Waals surface area contributed by atoms with Crippen LogP contribution >= 0.6 is 0 Å². The molecule has 1 saturated heterocycles. The Bertz CT molecular complexity index is 1080. The molecule has 1 N–H and O–H groups in total. The second-order valence-corrected chi connectivity index (χ2v) is 7.11. The number of Topliss-reactive ketones (excluding diaryl/α,β-unsaturated/α-hetero) is 1. The van der Waals surface area contributed by atoms with Crippen molar-refractivity contribution in [2.75, 3.05) is 26.3 Å². The molecule has 1 aromatic heterocycles. The van der Waals surface area contributed by atoms with Crippen molar-refractivity contribution in [2.24, 2.45) is 0 Å². The molecule has 10 heteroatoms. The number of nitrogens with zero attached hydrogens (tertiary/aromatic N) is 3. The molecule has 30 heavy (non-hydrogen) atoms. The van der Waals surface area contributed by atoms with Gasteiger partial charge in [0.1, 0.15) is 11.6 Å². The van der Waals surface area contributed by atoms with Crippen LogP contribution in [0.2, 0.25) is 0 Å². The zero-order valence-electron chi connectivity index (χ0n) is 15.9. The number of amides is 1. The van der Waals surface area contributed by atoms with Gasteiger partial charge in [-0.25, -0.2) is 8.78 Å². The number of hydrazine groups is 1. The lowest BCUT2D eigenvalue weighted by molar-refractivity contribution is -0.0351. The van der Waals surface area contributed by atoms with Crippen molar-refractivity contribution in [1.82, 2.24) is 14.6 Å². The van der Waals surface area contributed by atoms with Gasteiger partial charge in [0, 0.05) is 25.2 Å². The second kappa shape index (κ2) is 7.96. The fourth-order valence-electron chi connectivity index (χ4n) is 3.65. The molecule has 2 aliphatic rings. The SMILES string of the molecule is O=C(CCc1ccc(F)cc1F)c1cn2c(c(O)c1=O)C(=O)N1CCOCCN1C2. The van der Waals surface area contributed by atoms with Crippen molar-refractivity contribution in [3.05, 3.63) is 63.1 Å². The average molecular weight is 419 g/mol. The summed E-state index contributed by atoms with van der Waals surface area (Å²) in [5.74, 6) is -3.44. The van der Waals surface area contributed by atoms with E-state index in [9.17, 15) is 28.3 Å². The zero-order valence-corrected chi connectivity index (χ0v) is 15.9. The number of hydrogen-bond donors (Lipinski definition) is 1. The molecule has 0 bridgehead atoms. The fraction of sp³-hybridized carbons (Fsp3) is 0.350. The third-order valence-corrected chi connectivity index (χ3v) is 5.23. The van der Waals surface area contributed by atoms with Gasteiger partial charge in [0.2, 0.25) is 5.43 Å². The lowest BCUT2D eigenvalue weighted by Gasteiger charge is -2.38. The molecule has 0 unspecified atom stereocenters. The number of hydrogen-bond acceptors (Lipinski definition) is 6. The molecular formula is C20H19F2N3O5. The number of aryl methyl sites for hydroxylation is 1. The van der Waals surface area contributed by atoms with Crippen LogP contribution in [0.4, 0.5) is 8.78 Å². The minimum absolute atomic E-state index is 0.0386. The number of halogens is 2. The molecule has 2 aromatic rings. The van der Waals surface area contributed by atoms with Crippen molar-refractivity contribution in [3.8, 4) is 5.75 Å². The molecule has 3 heterocycles. The Labute approximate surface area is 169 Å². The van der Waals surface area contributed by atoms with Gasteiger partial charge >= 0.3 is 0 Å². The predicted octanol–water partition coefficient (Wildman–Crippen LogP) is 1.31. The number of aromatic nitrogens is 1. The van der Waals surface area contributed by atoms with Crippen LogP contribution in [-0.2, 0) is 17.8 Å². The summed E-state index contributed by atoms with van der Waals surface area (Å²) in [4.78, 5) is 38.0. The van der Waals surface area contributed by atoms with Crippen LogP contribution in [0.5, 0.6) is 5.75 Å². The van der Waals surface area contributed by atoms with E-state index in [0.717, 1.165) is 12.1 Å². The lowest BCUT2D eigenvalue weighted by atomic mass is 10.0. The first-order valence-electron chi connectivity index (χ1n) is 9.45. The summed E-state index contributed by atoms with van der Waals surface area (Å²) in [6.07, 6.45) is 0.999. The summed E-state index contributed by atoms with van der Waals surface area (Å²) in [5.41, 5.74) is -1.27. The largest absolute Gasteiger partial charge is 0.503 e. The van der Waals surface area contributed by atoms with Gasteiger partial charge in [-0.05, 0) is 18.1 Å². The highest BCUT2D eigenvalue weighted by molar-refractivity contribution is 5.99. The van der Waals surface area contributed by atoms with Crippen LogP contribution in [0.1, 0.15) is 32.8 Å². The third kappa shape index (κ3) is 3.59. The van der Waals surface area contributed by atoms with Crippen molar-refractivity contribution in [2.45, 2.75) is 19.5 Å². The Morgan fingerprint density at radius 3 is 2.70 bits per heavy atom. The number of ether oxygens (including phenoxy) is 1. The van der Waals surface area contributed by atoms with Crippen molar-refractivity contribution >= 4 is 11.7 Å². The van der Waals surface area contributed by atoms with Crippen LogP contribution < -0.4 is 5.43 Å². The Kier molecular flexibility index (Phi) is 5.35. The normalized spacial score (nSPS) is 16.7. The summed E-state index contributed by atoms with van der Waals surface area (Å²) in [7, 11) is 0. The molecule has 8 nitrogen and oxygen atoms in total. The van der Waals surface area contributed by atoms with E-state index in [-0.39, 0.29) is 42.9 Å². The van der Waals surface area contributed by atoms with Gasteiger partial charge in [-0.15, -0.1) is 0 Å². The Hall–Kier alpha value is -3.11. The van der Waals surface area contributed by atoms with E-state index in [4.69, 9.17) is 4.74 Å². The molecule has 0 saturated carbocycles. The molecule has 1 amide bonds. The number of carbonyl (C=O) groups is 2. The van der Waals surface area contributed by atoms with E-state index in [0.29, 0.717) is 19.8 Å². The number of fused-ring (bicyclic) bond motifs is 2. The summed E-state index contributed by atoms with van der Waals surface area (Å²) >= 11 is 0. The van der Waals surface area contributed by atoms with E-state index in [1.54, 1.807) is 5.01 Å². The molecule has 158 valence electrons. The van der Waals surface area contributed by atoms with Gasteiger partial charge in [-0.2, -0.15) is 5.01 Å². The molecule has 4 rings (SSSR count). The molecule has 0 aliphatic carbocycles. The van der Waals surface area contributed by atoms with Crippen LogP contribution in [-0.4, -0.2) is 57.7 Å². The number of rotatable bonds is 4. The Morgan fingerprint density at radius 1 is 1.17 bits per heavy atom. The van der Waals surface area contributed by atoms with Gasteiger partial charge in [0.15, 0.2) is 17.2 Å². The van der Waals surface area contributed by atoms with E-state index in [1.807, 2.05) is 0 Å². The first kappa shape index (κ1) is 20.2. The number of pyridine rings is 1. The minimum atomic E-state index is -0.946. The minimum Gasteiger partial charge on any atom is -0.503 e. The standard InChI is InChI=1S/C20H19F2N3O5/c21-13-3-1-12(15(22)9-13)2-4-16(26)14-10-23-11-24-5-7-30-8-6-25(24)20(29)17(23)19(28)18(14)27/h1,3,9-10,28H,2,4-8,11H2. The quantitative estimate of drug-likeness (QED) is 0.752. The van der Waals surface area contributed by atoms with E-state index in [2.05, 4.69) is 0 Å². The predicted molar refractivity (Wildman–Crippen MR) is 99.9 cm³/mol. The maximum Gasteiger partial charge on any atom is 0.288 e. The zero-order chi connectivity index (χ0) is 21.4. The average Bonchev–Trinajstić information content (AvgIpc) is 2.95. The van der Waals surface area contributed by atoms with Crippen LogP contribution in [0.15, 0.2) is 29.2 Å². The van der Waals surface area contributed by atoms with Crippen LogP contribution in [0, 0.1) is 11.6 Å². The fourth-order valence-corrected chi connectivity index (χ4v) is 3.65. The molecule has 0 atom stereocenters. The molecule has 0 spiro atoms. The first-order valence-corrected chi connectivity index (χ1v) is 9.45. The van der Waals surface area contributed by atoms with Gasteiger partial charge in [-0.1, -0.05) is 6.07 Å². The van der Waals surface area contributed by atoms with Crippen molar-refractivity contribution in [3.63, 3.8) is 0 Å². The Balaban J connectivity index is 1.62. The van der Waals surface area contributed by atoms with Crippen LogP contribution in [0.3, 0.4) is 0 Å². The van der Waals surface area contributed by atoms with Gasteiger partial charge in [-0.3, -0.25) is 19.4 Å². The van der Waals surface area contributed by atoms with Gasteiger partial charge in [0.25, 0.3) is 5.91 Å². The third-order valence-electron chi connectivity index (χ3n) is 5.23. The van der Waals surface area contributed by atoms with E-state index < -0.39 is 34.5 Å². The smallest absolute Gasteiger partial charge is 0.288 e.